The molecule has 4 aromatic carbocycles. The van der Waals surface area contributed by atoms with Gasteiger partial charge in [-0.25, -0.2) is 0 Å². The van der Waals surface area contributed by atoms with Gasteiger partial charge >= 0.3 is 0 Å². The van der Waals surface area contributed by atoms with Crippen LogP contribution >= 0.6 is 0 Å². The Morgan fingerprint density at radius 1 is 0.548 bits per heavy atom. The van der Waals surface area contributed by atoms with Crippen molar-refractivity contribution in [1.82, 2.24) is 0 Å². The number of carbonyl (C=O) groups excluding carboxylic acids is 3. The predicted octanol–water partition coefficient (Wildman–Crippen LogP) is 9.38. The van der Waals surface area contributed by atoms with Gasteiger partial charge in [0.1, 0.15) is 0 Å². The predicted molar refractivity (Wildman–Crippen MR) is 175 cm³/mol. The maximum Gasteiger partial charge on any atom is 0.224 e. The van der Waals surface area contributed by atoms with Crippen LogP contribution in [0, 0.1) is 0 Å². The van der Waals surface area contributed by atoms with Crippen LogP contribution in [0.25, 0.3) is 22.3 Å². The Morgan fingerprint density at radius 3 is 1.36 bits per heavy atom. The third-order valence-electron chi connectivity index (χ3n) is 7.06. The number of Topliss-reactive ketones (excluding diaryl/α,β-unsaturated/α-hetero) is 2. The Balaban J connectivity index is 0.000000247. The van der Waals surface area contributed by atoms with E-state index in [0.717, 1.165) is 57.6 Å². The van der Waals surface area contributed by atoms with E-state index in [1.165, 1.54) is 12.8 Å². The van der Waals surface area contributed by atoms with E-state index >= 15 is 0 Å². The van der Waals surface area contributed by atoms with Crippen molar-refractivity contribution in [3.8, 4) is 22.3 Å². The van der Waals surface area contributed by atoms with E-state index in [-0.39, 0.29) is 17.5 Å². The van der Waals surface area contributed by atoms with Crippen LogP contribution < -0.4 is 11.1 Å². The van der Waals surface area contributed by atoms with Crippen molar-refractivity contribution in [2.24, 2.45) is 0 Å². The van der Waals surface area contributed by atoms with Gasteiger partial charge in [0.25, 0.3) is 0 Å². The molecule has 0 atom stereocenters. The molecule has 0 bridgehead atoms. The average molecular weight is 563 g/mol. The zero-order valence-electron chi connectivity index (χ0n) is 25.0. The lowest BCUT2D eigenvalue weighted by Gasteiger charge is -2.07. The maximum absolute atomic E-state index is 11.9. The quantitative estimate of drug-likeness (QED) is 0.102. The van der Waals surface area contributed by atoms with Crippen LogP contribution in [-0.2, 0) is 4.79 Å². The number of carbonyl (C=O) groups is 3. The second-order valence-corrected chi connectivity index (χ2v) is 10.3. The van der Waals surface area contributed by atoms with E-state index in [9.17, 15) is 14.4 Å². The van der Waals surface area contributed by atoms with Crippen LogP contribution in [0.1, 0.15) is 86.4 Å². The summed E-state index contributed by atoms with van der Waals surface area (Å²) in [6.45, 7) is 5.90. The molecule has 0 heterocycles. The summed E-state index contributed by atoms with van der Waals surface area (Å²) in [5, 5.41) is 2.95. The number of nitrogens with one attached hydrogen (secondary N) is 1. The fraction of sp³-hybridized carbons (Fsp3) is 0.270. The minimum Gasteiger partial charge on any atom is -0.399 e. The first-order valence-electron chi connectivity index (χ1n) is 14.9. The Hall–Kier alpha value is -4.51. The van der Waals surface area contributed by atoms with E-state index < -0.39 is 0 Å². The summed E-state index contributed by atoms with van der Waals surface area (Å²) in [5.74, 6) is 0.406. The highest BCUT2D eigenvalue weighted by Gasteiger charge is 2.06. The largest absolute Gasteiger partial charge is 0.399 e. The van der Waals surface area contributed by atoms with Crippen molar-refractivity contribution in [2.75, 3.05) is 11.1 Å². The molecule has 0 radical (unpaired) electrons. The molecule has 0 unspecified atom stereocenters. The van der Waals surface area contributed by atoms with Gasteiger partial charge in [0.2, 0.25) is 5.91 Å². The van der Waals surface area contributed by atoms with Crippen molar-refractivity contribution in [1.29, 1.82) is 0 Å². The molecule has 4 aromatic rings. The number of anilines is 2. The molecular formula is C37H42N2O3. The molecule has 5 nitrogen and oxygen atoms in total. The monoisotopic (exact) mass is 562 g/mol. The van der Waals surface area contributed by atoms with E-state index in [2.05, 4.69) is 12.2 Å². The molecule has 0 aliphatic rings. The molecule has 5 heteroatoms. The summed E-state index contributed by atoms with van der Waals surface area (Å²) in [6, 6.07) is 30.9. The molecule has 42 heavy (non-hydrogen) atoms. The number of benzene rings is 4. The topological polar surface area (TPSA) is 89.3 Å². The number of nitrogen functional groups attached to an aromatic ring is 1. The van der Waals surface area contributed by atoms with E-state index in [0.29, 0.717) is 19.3 Å². The summed E-state index contributed by atoms with van der Waals surface area (Å²) >= 11 is 0. The molecule has 0 fully saturated rings. The highest BCUT2D eigenvalue weighted by atomic mass is 16.1. The number of rotatable bonds is 12. The molecule has 0 saturated carbocycles. The fourth-order valence-electron chi connectivity index (χ4n) is 4.46. The first-order chi connectivity index (χ1) is 20.3. The highest BCUT2D eigenvalue weighted by molar-refractivity contribution is 5.97. The minimum absolute atomic E-state index is 0.0753. The Kier molecular flexibility index (Phi) is 12.7. The van der Waals surface area contributed by atoms with Gasteiger partial charge in [0.05, 0.1) is 0 Å². The van der Waals surface area contributed by atoms with Crippen molar-refractivity contribution < 1.29 is 14.4 Å². The summed E-state index contributed by atoms with van der Waals surface area (Å²) < 4.78 is 0. The molecule has 0 aromatic heterocycles. The van der Waals surface area contributed by atoms with Gasteiger partial charge in [-0.2, -0.15) is 0 Å². The Labute approximate surface area is 250 Å². The smallest absolute Gasteiger partial charge is 0.224 e. The first-order valence-corrected chi connectivity index (χ1v) is 14.9. The van der Waals surface area contributed by atoms with Crippen LogP contribution in [0.3, 0.4) is 0 Å². The third-order valence-corrected chi connectivity index (χ3v) is 7.06. The molecule has 0 aliphatic carbocycles. The highest BCUT2D eigenvalue weighted by Crippen LogP contribution is 2.23. The SMILES string of the molecule is CCC(=O)c1ccc(-c2ccc(N)cc2)cc1.CCCCCCC(=O)Nc1ccc(-c2ccc(C(=O)CC)cc2)cc1. The number of hydrogen-bond acceptors (Lipinski definition) is 4. The van der Waals surface area contributed by atoms with Gasteiger partial charge in [0.15, 0.2) is 11.6 Å². The molecule has 0 saturated heterocycles. The number of unbranched alkanes of at least 4 members (excludes halogenated alkanes) is 3. The van der Waals surface area contributed by atoms with Crippen molar-refractivity contribution in [3.63, 3.8) is 0 Å². The zero-order chi connectivity index (χ0) is 30.3. The fourth-order valence-corrected chi connectivity index (χ4v) is 4.46. The van der Waals surface area contributed by atoms with Crippen molar-refractivity contribution in [3.05, 3.63) is 108 Å². The normalized spacial score (nSPS) is 10.4. The maximum atomic E-state index is 11.9. The molecule has 4 rings (SSSR count). The van der Waals surface area contributed by atoms with Gasteiger partial charge in [-0.15, -0.1) is 0 Å². The van der Waals surface area contributed by atoms with E-state index in [4.69, 9.17) is 5.73 Å². The first kappa shape index (κ1) is 32.0. The second-order valence-electron chi connectivity index (χ2n) is 10.3. The van der Waals surface area contributed by atoms with Crippen LogP contribution in [0.15, 0.2) is 97.1 Å². The molecule has 0 aliphatic heterocycles. The molecule has 218 valence electrons. The van der Waals surface area contributed by atoms with E-state index in [1.54, 1.807) is 0 Å². The summed E-state index contributed by atoms with van der Waals surface area (Å²) in [7, 11) is 0. The number of ketones is 2. The van der Waals surface area contributed by atoms with Gasteiger partial charge in [0, 0.05) is 41.8 Å². The summed E-state index contributed by atoms with van der Waals surface area (Å²) in [5.41, 5.74) is 13.1. The number of amides is 1. The summed E-state index contributed by atoms with van der Waals surface area (Å²) in [4.78, 5) is 35.1. The van der Waals surface area contributed by atoms with Crippen LogP contribution in [0.5, 0.6) is 0 Å². The lowest BCUT2D eigenvalue weighted by atomic mass is 10.0. The van der Waals surface area contributed by atoms with Gasteiger partial charge in [-0.1, -0.05) is 113 Å². The lowest BCUT2D eigenvalue weighted by molar-refractivity contribution is -0.116. The summed E-state index contributed by atoms with van der Waals surface area (Å²) in [6.07, 6.45) is 6.06. The third kappa shape index (κ3) is 9.84. The van der Waals surface area contributed by atoms with Crippen LogP contribution in [0.4, 0.5) is 11.4 Å². The van der Waals surface area contributed by atoms with Gasteiger partial charge in [-0.3, -0.25) is 14.4 Å². The van der Waals surface area contributed by atoms with Gasteiger partial charge in [-0.05, 0) is 52.9 Å². The van der Waals surface area contributed by atoms with E-state index in [1.807, 2.05) is 111 Å². The molecular weight excluding hydrogens is 520 g/mol. The standard InChI is InChI=1S/C22H27NO2.C15H15NO/c1-3-5-6-7-8-22(25)23-20-15-13-18(14-16-20)17-9-11-19(12-10-17)21(24)4-2;1-2-15(17)13-5-3-11(4-6-13)12-7-9-14(16)10-8-12/h9-16H,3-8H2,1-2H3,(H,23,25);3-10H,2,16H2,1H3. The average Bonchev–Trinajstić information content (AvgIpc) is 3.03. The number of nitrogens with two attached hydrogens (primary N) is 1. The Bertz CT molecular complexity index is 1420. The molecule has 3 N–H and O–H groups in total. The van der Waals surface area contributed by atoms with Crippen molar-refractivity contribution >= 4 is 28.8 Å². The molecule has 1 amide bonds. The molecule has 0 spiro atoms. The lowest BCUT2D eigenvalue weighted by Crippen LogP contribution is -2.10. The van der Waals surface area contributed by atoms with Crippen molar-refractivity contribution in [2.45, 2.75) is 65.7 Å². The van der Waals surface area contributed by atoms with Crippen LogP contribution in [-0.4, -0.2) is 17.5 Å². The van der Waals surface area contributed by atoms with Gasteiger partial charge < -0.3 is 11.1 Å². The Morgan fingerprint density at radius 2 is 0.952 bits per heavy atom. The number of hydrogen-bond donors (Lipinski definition) is 2. The second kappa shape index (κ2) is 16.7. The minimum atomic E-state index is 0.0753. The van der Waals surface area contributed by atoms with Crippen LogP contribution in [0.2, 0.25) is 0 Å². The zero-order valence-corrected chi connectivity index (χ0v) is 25.0.